The number of fused-ring (bicyclic) bond motifs is 1. The lowest BCUT2D eigenvalue weighted by molar-refractivity contribution is -0.238. The molecule has 2 fully saturated rings. The lowest BCUT2D eigenvalue weighted by Crippen LogP contribution is -2.80. The van der Waals surface area contributed by atoms with Crippen molar-refractivity contribution in [3.63, 3.8) is 0 Å². The van der Waals surface area contributed by atoms with Crippen molar-refractivity contribution in [2.45, 2.75) is 49.9 Å². The fraction of sp³-hybridized carbons (Fsp3) is 0.733. The summed E-state index contributed by atoms with van der Waals surface area (Å²) in [5.74, 6) is -1.14. The van der Waals surface area contributed by atoms with Gasteiger partial charge >= 0.3 is 5.97 Å². The zero-order valence-corrected chi connectivity index (χ0v) is 12.7. The van der Waals surface area contributed by atoms with Crippen LogP contribution >= 0.6 is 11.6 Å². The molecule has 0 bridgehead atoms. The number of carbonyl (C=O) groups is 2. The molecule has 0 aromatic heterocycles. The van der Waals surface area contributed by atoms with Crippen LogP contribution in [-0.4, -0.2) is 40.1 Å². The molecule has 0 saturated carbocycles. The van der Waals surface area contributed by atoms with Crippen LogP contribution in [0.4, 0.5) is 0 Å². The molecule has 2 heterocycles. The van der Waals surface area contributed by atoms with E-state index in [2.05, 4.69) is 5.32 Å². The number of nitrogens with one attached hydrogen (secondary N) is 1. The Morgan fingerprint density at radius 1 is 1.57 bits per heavy atom. The Labute approximate surface area is 128 Å². The number of alkyl halides is 1. The molecule has 0 spiro atoms. The van der Waals surface area contributed by atoms with Gasteiger partial charge in [-0.05, 0) is 32.6 Å². The average molecular weight is 314 g/mol. The summed E-state index contributed by atoms with van der Waals surface area (Å²) in [7, 11) is 0. The predicted molar refractivity (Wildman–Crippen MR) is 76.7 cm³/mol. The maximum Gasteiger partial charge on any atom is 0.339 e. The number of hydrogen-bond acceptors (Lipinski definition) is 4. The number of aliphatic hydroxyl groups excluding tert-OH is 1. The van der Waals surface area contributed by atoms with Gasteiger partial charge in [0.25, 0.3) is 0 Å². The number of hydrogen-bond donors (Lipinski definition) is 2. The molecular weight excluding hydrogens is 294 g/mol. The second-order valence-electron chi connectivity index (χ2n) is 6.29. The average Bonchev–Trinajstić information content (AvgIpc) is 2.65. The monoisotopic (exact) mass is 313 g/mol. The molecule has 0 radical (unpaired) electrons. The molecule has 1 aliphatic carbocycles. The van der Waals surface area contributed by atoms with Crippen molar-refractivity contribution < 1.29 is 19.4 Å². The lowest BCUT2D eigenvalue weighted by Gasteiger charge is -2.54. The first-order chi connectivity index (χ1) is 9.97. The van der Waals surface area contributed by atoms with E-state index in [0.717, 1.165) is 19.3 Å². The highest BCUT2D eigenvalue weighted by molar-refractivity contribution is 6.18. The molecule has 1 unspecified atom stereocenters. The van der Waals surface area contributed by atoms with Crippen molar-refractivity contribution in [1.82, 2.24) is 5.32 Å². The molecule has 5 atom stereocenters. The van der Waals surface area contributed by atoms with Gasteiger partial charge in [0.05, 0.1) is 12.0 Å². The van der Waals surface area contributed by atoms with Gasteiger partial charge in [0.2, 0.25) is 11.4 Å². The van der Waals surface area contributed by atoms with Crippen molar-refractivity contribution in [3.05, 3.63) is 12.2 Å². The molecule has 2 aliphatic heterocycles. The van der Waals surface area contributed by atoms with Crippen LogP contribution < -0.4 is 5.32 Å². The van der Waals surface area contributed by atoms with Crippen molar-refractivity contribution >= 4 is 23.5 Å². The van der Waals surface area contributed by atoms with Crippen molar-refractivity contribution in [2.75, 3.05) is 5.88 Å². The molecule has 2 saturated heterocycles. The summed E-state index contributed by atoms with van der Waals surface area (Å²) >= 11 is 5.76. The van der Waals surface area contributed by atoms with E-state index in [1.165, 1.54) is 0 Å². The number of esters is 1. The Morgan fingerprint density at radius 2 is 2.33 bits per heavy atom. The SMILES string of the molecule is C[C@@]12OC(=O)C1([C@@H](O)[C@@H]1C=CCCC1)NC(=O)[C@@H]2CCCl. The van der Waals surface area contributed by atoms with Crippen LogP contribution in [0.15, 0.2) is 12.2 Å². The van der Waals surface area contributed by atoms with Gasteiger partial charge in [-0.2, -0.15) is 0 Å². The summed E-state index contributed by atoms with van der Waals surface area (Å²) in [5, 5.41) is 13.5. The Morgan fingerprint density at radius 3 is 2.90 bits per heavy atom. The van der Waals surface area contributed by atoms with Crippen LogP contribution in [0.1, 0.15) is 32.6 Å². The van der Waals surface area contributed by atoms with Crippen LogP contribution in [0.25, 0.3) is 0 Å². The third kappa shape index (κ3) is 1.80. The molecule has 5 nitrogen and oxygen atoms in total. The lowest BCUT2D eigenvalue weighted by atomic mass is 9.64. The van der Waals surface area contributed by atoms with Gasteiger partial charge in [-0.15, -0.1) is 11.6 Å². The molecular formula is C15H20ClNO4. The first-order valence-corrected chi connectivity index (χ1v) is 7.97. The molecule has 0 aromatic carbocycles. The molecule has 6 heteroatoms. The summed E-state index contributed by atoms with van der Waals surface area (Å²) < 4.78 is 5.34. The van der Waals surface area contributed by atoms with Gasteiger partial charge in [0, 0.05) is 11.8 Å². The predicted octanol–water partition coefficient (Wildman–Crippen LogP) is 1.13. The second kappa shape index (κ2) is 4.99. The number of amides is 1. The summed E-state index contributed by atoms with van der Waals surface area (Å²) in [6.07, 6.45) is 6.17. The van der Waals surface area contributed by atoms with Crippen LogP contribution in [-0.2, 0) is 14.3 Å². The number of halogens is 1. The fourth-order valence-electron chi connectivity index (χ4n) is 3.99. The molecule has 3 aliphatic rings. The normalized spacial score (nSPS) is 42.8. The quantitative estimate of drug-likeness (QED) is 0.463. The number of carbonyl (C=O) groups excluding carboxylic acids is 2. The largest absolute Gasteiger partial charge is 0.453 e. The Kier molecular flexibility index (Phi) is 3.53. The van der Waals surface area contributed by atoms with E-state index in [4.69, 9.17) is 16.3 Å². The molecule has 0 aromatic rings. The van der Waals surface area contributed by atoms with Crippen LogP contribution in [0.2, 0.25) is 0 Å². The third-order valence-electron chi connectivity index (χ3n) is 5.25. The van der Waals surface area contributed by atoms with E-state index in [-0.39, 0.29) is 11.8 Å². The second-order valence-corrected chi connectivity index (χ2v) is 6.67. The van der Waals surface area contributed by atoms with Gasteiger partial charge in [0.1, 0.15) is 0 Å². The van der Waals surface area contributed by atoms with Crippen LogP contribution in [0.3, 0.4) is 0 Å². The smallest absolute Gasteiger partial charge is 0.339 e. The van der Waals surface area contributed by atoms with Crippen LogP contribution in [0, 0.1) is 11.8 Å². The summed E-state index contributed by atoms with van der Waals surface area (Å²) in [6.45, 7) is 1.72. The van der Waals surface area contributed by atoms with Gasteiger partial charge in [0.15, 0.2) is 5.60 Å². The van der Waals surface area contributed by atoms with E-state index in [0.29, 0.717) is 12.3 Å². The highest BCUT2D eigenvalue weighted by Crippen LogP contribution is 2.53. The minimum atomic E-state index is -1.33. The van der Waals surface area contributed by atoms with Crippen molar-refractivity contribution in [3.8, 4) is 0 Å². The molecule has 21 heavy (non-hydrogen) atoms. The number of allylic oxidation sites excluding steroid dienone is 1. The van der Waals surface area contributed by atoms with E-state index in [1.807, 2.05) is 12.2 Å². The van der Waals surface area contributed by atoms with Gasteiger partial charge < -0.3 is 15.2 Å². The maximum atomic E-state index is 12.2. The number of ether oxygens (including phenoxy) is 1. The summed E-state index contributed by atoms with van der Waals surface area (Å²) in [6, 6.07) is 0. The molecule has 1 amide bonds. The number of aliphatic hydroxyl groups is 1. The van der Waals surface area contributed by atoms with Gasteiger partial charge in [-0.1, -0.05) is 12.2 Å². The Balaban J connectivity index is 1.94. The van der Waals surface area contributed by atoms with E-state index in [9.17, 15) is 14.7 Å². The summed E-state index contributed by atoms with van der Waals surface area (Å²) in [5.41, 5.74) is -2.34. The third-order valence-corrected chi connectivity index (χ3v) is 5.47. The first kappa shape index (κ1) is 14.9. The first-order valence-electron chi connectivity index (χ1n) is 7.43. The van der Waals surface area contributed by atoms with E-state index in [1.54, 1.807) is 6.92 Å². The van der Waals surface area contributed by atoms with E-state index < -0.39 is 29.1 Å². The maximum absolute atomic E-state index is 12.2. The highest BCUT2D eigenvalue weighted by Gasteiger charge is 2.79. The zero-order chi connectivity index (χ0) is 15.3. The Bertz CT molecular complexity index is 508. The molecule has 2 N–H and O–H groups in total. The van der Waals surface area contributed by atoms with Gasteiger partial charge in [-0.3, -0.25) is 4.79 Å². The highest BCUT2D eigenvalue weighted by atomic mass is 35.5. The van der Waals surface area contributed by atoms with Crippen molar-refractivity contribution in [2.24, 2.45) is 11.8 Å². The topological polar surface area (TPSA) is 75.6 Å². The number of rotatable bonds is 4. The Hall–Kier alpha value is -1.07. The summed E-state index contributed by atoms with van der Waals surface area (Å²) in [4.78, 5) is 24.4. The standard InChI is InChI=1S/C15H20ClNO4/c1-14-10(7-8-16)12(19)17-15(14,13(20)21-14)11(18)9-5-3-2-4-6-9/h3,5,9-11,18H,2,4,6-8H2,1H3,(H,17,19)/t9-,10+,11+,14+,15?/m1/s1. The van der Waals surface area contributed by atoms with Gasteiger partial charge in [-0.25, -0.2) is 4.79 Å². The van der Waals surface area contributed by atoms with Crippen molar-refractivity contribution in [1.29, 1.82) is 0 Å². The minimum absolute atomic E-state index is 0.138. The van der Waals surface area contributed by atoms with E-state index >= 15 is 0 Å². The fourth-order valence-corrected chi connectivity index (χ4v) is 4.21. The zero-order valence-electron chi connectivity index (χ0n) is 12.0. The molecule has 116 valence electrons. The molecule has 3 rings (SSSR count). The van der Waals surface area contributed by atoms with Crippen LogP contribution in [0.5, 0.6) is 0 Å². The minimum Gasteiger partial charge on any atom is -0.453 e.